The van der Waals surface area contributed by atoms with Crippen molar-refractivity contribution in [1.29, 1.82) is 0 Å². The van der Waals surface area contributed by atoms with E-state index in [-0.39, 0.29) is 108 Å². The summed E-state index contributed by atoms with van der Waals surface area (Å²) in [7, 11) is 1.70. The number of aliphatic imine (C=N–C) groups is 2. The summed E-state index contributed by atoms with van der Waals surface area (Å²) < 4.78 is 0. The van der Waals surface area contributed by atoms with E-state index >= 15 is 0 Å². The first kappa shape index (κ1) is 76.5. The normalized spacial score (nSPS) is 25.6. The molecule has 3 aliphatic rings. The van der Waals surface area contributed by atoms with Crippen LogP contribution in [0.1, 0.15) is 97.1 Å². The number of aliphatic carboxylic acids is 1. The van der Waals surface area contributed by atoms with Crippen LogP contribution < -0.4 is 87.6 Å². The molecule has 93 heavy (non-hydrogen) atoms. The smallest absolute Gasteiger partial charge is 0.305 e. The van der Waals surface area contributed by atoms with Gasteiger partial charge in [-0.3, -0.25) is 72.3 Å². The number of carboxylic acid groups (broad SMARTS) is 1. The van der Waals surface area contributed by atoms with E-state index in [1.807, 2.05) is 13.8 Å². The lowest BCUT2D eigenvalue weighted by molar-refractivity contribution is -0.146. The molecule has 5 rings (SSSR count). The van der Waals surface area contributed by atoms with E-state index in [4.69, 9.17) is 34.4 Å². The summed E-state index contributed by atoms with van der Waals surface area (Å²) in [6.07, 6.45) is -1.78. The number of rotatable bonds is 16. The van der Waals surface area contributed by atoms with Gasteiger partial charge in [0.2, 0.25) is 70.9 Å². The Kier molecular flexibility index (Phi) is 31.9. The number of guanidine groups is 2. The van der Waals surface area contributed by atoms with Gasteiger partial charge in [-0.2, -0.15) is 0 Å². The Bertz CT molecular complexity index is 3000. The van der Waals surface area contributed by atoms with Gasteiger partial charge in [0.05, 0.1) is 19.6 Å². The molecule has 11 atom stereocenters. The molecular weight excluding hydrogens is 1260 g/mol. The summed E-state index contributed by atoms with van der Waals surface area (Å²) in [6, 6.07) is -8.46. The number of aliphatic hydroxyl groups excluding tert-OH is 1. The van der Waals surface area contributed by atoms with Crippen LogP contribution in [-0.4, -0.2) is 220 Å². The Balaban J connectivity index is 0.00000912. The maximum Gasteiger partial charge on any atom is 0.305 e. The Morgan fingerprint density at radius 1 is 0.624 bits per heavy atom. The van der Waals surface area contributed by atoms with E-state index in [2.05, 4.69) is 68.1 Å². The number of nitrogens with one attached hydrogen (secondary N) is 11. The molecule has 0 spiro atoms. The van der Waals surface area contributed by atoms with Crippen LogP contribution in [0.3, 0.4) is 0 Å². The number of amides is 12. The highest BCUT2D eigenvalue weighted by Gasteiger charge is 2.42. The summed E-state index contributed by atoms with van der Waals surface area (Å²) >= 11 is 0. The number of aromatic amines is 1. The zero-order valence-corrected chi connectivity index (χ0v) is 53.6. The molecule has 3 fully saturated rings. The molecule has 1 unspecified atom stereocenters. The van der Waals surface area contributed by atoms with Gasteiger partial charge >= 0.3 is 5.97 Å². The molecule has 0 radical (unpaired) electrons. The number of hydrogen-bond acceptors (Lipinski definition) is 19. The molecule has 25 N–H and O–H groups in total. The van der Waals surface area contributed by atoms with Crippen molar-refractivity contribution < 1.29 is 72.5 Å². The summed E-state index contributed by atoms with van der Waals surface area (Å²) in [5.74, 6) is -14.8. The number of carboxylic acids is 1. The lowest BCUT2D eigenvalue weighted by atomic mass is 10.0. The number of nitrogens with zero attached hydrogens (tertiary/aromatic N) is 3. The van der Waals surface area contributed by atoms with Crippen LogP contribution in [0, 0.1) is 0 Å². The highest BCUT2D eigenvalue weighted by atomic mass is 33.1. The number of primary amides is 1. The maximum absolute atomic E-state index is 14.6. The van der Waals surface area contributed by atoms with Crippen LogP contribution in [0.25, 0.3) is 10.9 Å². The van der Waals surface area contributed by atoms with Gasteiger partial charge in [0.1, 0.15) is 66.5 Å². The van der Waals surface area contributed by atoms with E-state index in [0.717, 1.165) is 31.9 Å². The number of aromatic nitrogens is 1. The average molecular weight is 1350 g/mol. The van der Waals surface area contributed by atoms with Gasteiger partial charge in [-0.15, -0.1) is 0 Å². The number of benzene rings is 1. The lowest BCUT2D eigenvalue weighted by Gasteiger charge is -2.30. The number of aliphatic hydroxyl groups is 1. The average Bonchev–Trinajstić information content (AvgIpc) is 1.83. The SMILES string of the molecule is CC.C[C@@H]1NC(=O)[C@@H]2CCCC[C@H](NC(=O)CN)C(=O)N[C@@H](CSSC[C@@H](C(N)=O)NC(=O)[C@H](CCCN=C(N)N)NC(=O)[C@H](Cc3cc4ccccc4[nH]3)NC1=O)C(=O)N[C@@H](CO)C(=O)N[C@@H](CC(=O)O)C(=O)N1CCCC1C(=O)N[C@@H](CCCN=C(N)N)C(=O)N2. The van der Waals surface area contributed by atoms with Gasteiger partial charge < -0.3 is 108 Å². The lowest BCUT2D eigenvalue weighted by Crippen LogP contribution is -2.61. The Labute approximate surface area is 543 Å². The van der Waals surface area contributed by atoms with Crippen molar-refractivity contribution >= 4 is 121 Å². The predicted molar refractivity (Wildman–Crippen MR) is 344 cm³/mol. The van der Waals surface area contributed by atoms with Crippen molar-refractivity contribution in [3.05, 3.63) is 36.0 Å². The van der Waals surface area contributed by atoms with Crippen molar-refractivity contribution in [2.24, 2.45) is 44.4 Å². The molecule has 1 aromatic heterocycles. The van der Waals surface area contributed by atoms with Crippen molar-refractivity contribution in [3.63, 3.8) is 0 Å². The Hall–Kier alpha value is -8.97. The maximum atomic E-state index is 14.6. The van der Waals surface area contributed by atoms with E-state index in [9.17, 15) is 72.5 Å². The van der Waals surface area contributed by atoms with E-state index in [0.29, 0.717) is 11.2 Å². The van der Waals surface area contributed by atoms with E-state index < -0.39 is 169 Å². The fourth-order valence-corrected chi connectivity index (χ4v) is 12.3. The monoisotopic (exact) mass is 1340 g/mol. The van der Waals surface area contributed by atoms with Gasteiger partial charge in [0.15, 0.2) is 11.9 Å². The summed E-state index contributed by atoms with van der Waals surface area (Å²) in [5.41, 5.74) is 34.8. The van der Waals surface area contributed by atoms with Gasteiger partial charge in [0, 0.05) is 48.8 Å². The van der Waals surface area contributed by atoms with Crippen molar-refractivity contribution in [3.8, 4) is 0 Å². The van der Waals surface area contributed by atoms with Gasteiger partial charge in [0.25, 0.3) is 0 Å². The molecule has 2 aromatic rings. The highest BCUT2D eigenvalue weighted by molar-refractivity contribution is 8.76. The third-order valence-corrected chi connectivity index (χ3v) is 17.2. The fraction of sp³-hybridized carbons (Fsp3) is 0.589. The van der Waals surface area contributed by atoms with Gasteiger partial charge in [-0.25, -0.2) is 0 Å². The molecule has 2 bridgehead atoms. The number of hydrogen-bond donors (Lipinski definition) is 19. The molecule has 0 saturated carbocycles. The minimum absolute atomic E-state index is 0.00532. The van der Waals surface area contributed by atoms with Crippen LogP contribution >= 0.6 is 21.6 Å². The second kappa shape index (κ2) is 38.8. The summed E-state index contributed by atoms with van der Waals surface area (Å²) in [4.78, 5) is 194. The second-order valence-electron chi connectivity index (χ2n) is 21.8. The number of H-pyrrole nitrogens is 1. The number of carbonyl (C=O) groups is 13. The van der Waals surface area contributed by atoms with E-state index in [1.54, 1.807) is 30.3 Å². The van der Waals surface area contributed by atoms with Crippen molar-refractivity contribution in [2.45, 2.75) is 164 Å². The van der Waals surface area contributed by atoms with Crippen LogP contribution in [0.2, 0.25) is 0 Å². The number of nitrogens with two attached hydrogens (primary N) is 6. The molecule has 1 aromatic carbocycles. The molecule has 35 nitrogen and oxygen atoms in total. The fourth-order valence-electron chi connectivity index (χ4n) is 9.97. The highest BCUT2D eigenvalue weighted by Crippen LogP contribution is 2.25. The van der Waals surface area contributed by atoms with Gasteiger partial charge in [-0.1, -0.05) is 66.5 Å². The first-order chi connectivity index (χ1) is 44.3. The molecule has 37 heteroatoms. The largest absolute Gasteiger partial charge is 0.481 e. The molecule has 0 aliphatic carbocycles. The Morgan fingerprint density at radius 2 is 1.17 bits per heavy atom. The van der Waals surface area contributed by atoms with Crippen LogP contribution in [0.5, 0.6) is 0 Å². The molecule has 514 valence electrons. The molecule has 3 aliphatic heterocycles. The van der Waals surface area contributed by atoms with Gasteiger partial charge in [-0.05, 0) is 75.8 Å². The van der Waals surface area contributed by atoms with Crippen LogP contribution in [0.4, 0.5) is 0 Å². The summed E-state index contributed by atoms with van der Waals surface area (Å²) in [5, 5.41) is 46.4. The molecule has 4 heterocycles. The van der Waals surface area contributed by atoms with Crippen molar-refractivity contribution in [1.82, 2.24) is 63.1 Å². The zero-order chi connectivity index (χ0) is 68.9. The topological polar surface area (TPSA) is 583 Å². The number of carbonyl (C=O) groups excluding carboxylic acids is 12. The van der Waals surface area contributed by atoms with Crippen molar-refractivity contribution in [2.75, 3.05) is 44.3 Å². The first-order valence-electron chi connectivity index (χ1n) is 30.4. The van der Waals surface area contributed by atoms with E-state index in [1.165, 1.54) is 6.92 Å². The Morgan fingerprint density at radius 3 is 1.78 bits per heavy atom. The molecular formula is C56H88N20O15S2. The third-order valence-electron chi connectivity index (χ3n) is 14.8. The predicted octanol–water partition coefficient (Wildman–Crippen LogP) is -6.42. The molecule has 3 saturated heterocycles. The van der Waals surface area contributed by atoms with Crippen LogP contribution in [-0.2, 0) is 68.7 Å². The number of fused-ring (bicyclic) bond motifs is 10. The first-order valence-corrected chi connectivity index (χ1v) is 32.8. The third kappa shape index (κ3) is 24.9. The minimum Gasteiger partial charge on any atom is -0.481 e. The standard InChI is InChI=1S/C54H82N20O15S2.C2H6/c1-26-43(80)69-34(20-28-19-27-9-2-3-10-29(27)64-28)48(85)67-32(13-6-16-61-53(57)58)47(84)72-37(42(56)79)24-90-91-25-38-50(87)71-36(23-75)49(86)70-35(21-41(77)78)52(89)74-18-8-15-39(74)51(88)68-33(14-7-17-62-54(59)60)46(83)66-31(44(81)63-26)12-5-4-11-30(45(82)73-38)65-40(76)22-55;1-2/h2-3,9-10,19,26,30-39,64,75H,4-8,11-18,20-25,55H2,1H3,(H2,56,79)(H,63,81)(H,65,76)(H,66,83)(H,67,85)(H,68,88)(H,69,80)(H,70,86)(H,71,87)(H,72,84)(H,73,82)(H,77,78)(H4,57,58,61)(H4,59,60,62);1-2H3/t26-,30-,31-,32-,33-,34-,35-,36-,37-,38-,39?;/m0./s1. The number of para-hydroxylation sites is 1. The van der Waals surface area contributed by atoms with Crippen LogP contribution in [0.15, 0.2) is 40.3 Å². The minimum atomic E-state index is -1.93. The quantitative estimate of drug-likeness (QED) is 0.0322. The summed E-state index contributed by atoms with van der Waals surface area (Å²) in [6.45, 7) is 3.32. The zero-order valence-electron chi connectivity index (χ0n) is 52.0. The second-order valence-corrected chi connectivity index (χ2v) is 24.3. The molecule has 12 amide bonds.